The van der Waals surface area contributed by atoms with Crippen molar-refractivity contribution in [1.82, 2.24) is 0 Å². The van der Waals surface area contributed by atoms with E-state index in [1.807, 2.05) is 19.1 Å². The second kappa shape index (κ2) is 4.70. The summed E-state index contributed by atoms with van der Waals surface area (Å²) in [6.07, 6.45) is 1.54. The molecule has 0 fully saturated rings. The lowest BCUT2D eigenvalue weighted by atomic mass is 10.1. The zero-order valence-corrected chi connectivity index (χ0v) is 9.46. The Morgan fingerprint density at radius 3 is 2.53 bits per heavy atom. The first kappa shape index (κ1) is 11.2. The predicted molar refractivity (Wildman–Crippen MR) is 68.2 cm³/mol. The van der Waals surface area contributed by atoms with Crippen molar-refractivity contribution in [3.8, 4) is 11.5 Å². The van der Waals surface area contributed by atoms with Crippen molar-refractivity contribution in [3.63, 3.8) is 0 Å². The molecule has 0 radical (unpaired) electrons. The minimum absolute atomic E-state index is 0.121. The summed E-state index contributed by atoms with van der Waals surface area (Å²) in [5, 5.41) is 19.3. The predicted octanol–water partition coefficient (Wildman–Crippen LogP) is 3.16. The summed E-state index contributed by atoms with van der Waals surface area (Å²) in [5.74, 6) is 0.336. The number of aromatic hydroxyl groups is 2. The van der Waals surface area contributed by atoms with E-state index in [2.05, 4.69) is 4.99 Å². The normalized spacial score (nSPS) is 10.9. The average molecular weight is 227 g/mol. The first-order chi connectivity index (χ1) is 8.18. The van der Waals surface area contributed by atoms with Gasteiger partial charge < -0.3 is 10.2 Å². The van der Waals surface area contributed by atoms with Gasteiger partial charge in [0.1, 0.15) is 17.2 Å². The van der Waals surface area contributed by atoms with Gasteiger partial charge in [-0.15, -0.1) is 0 Å². The molecule has 3 heteroatoms. The van der Waals surface area contributed by atoms with E-state index in [4.69, 9.17) is 0 Å². The van der Waals surface area contributed by atoms with Crippen molar-refractivity contribution in [2.45, 2.75) is 6.92 Å². The highest BCUT2D eigenvalue weighted by Gasteiger charge is 2.01. The fourth-order valence-electron chi connectivity index (χ4n) is 1.50. The minimum Gasteiger partial charge on any atom is -0.507 e. The number of hydrogen-bond donors (Lipinski definition) is 2. The largest absolute Gasteiger partial charge is 0.507 e. The molecule has 2 aromatic rings. The van der Waals surface area contributed by atoms with E-state index >= 15 is 0 Å². The molecule has 2 rings (SSSR count). The first-order valence-electron chi connectivity index (χ1n) is 5.29. The number of benzene rings is 2. The maximum absolute atomic E-state index is 9.79. The second-order valence-electron chi connectivity index (χ2n) is 3.76. The molecule has 0 spiro atoms. The molecule has 17 heavy (non-hydrogen) atoms. The summed E-state index contributed by atoms with van der Waals surface area (Å²) in [4.78, 5) is 4.14. The van der Waals surface area contributed by atoms with E-state index in [1.54, 1.807) is 30.3 Å². The Morgan fingerprint density at radius 1 is 1.00 bits per heavy atom. The van der Waals surface area contributed by atoms with Crippen LogP contribution in [0.3, 0.4) is 0 Å². The molecule has 0 saturated carbocycles. The van der Waals surface area contributed by atoms with Crippen molar-refractivity contribution in [3.05, 3.63) is 53.6 Å². The van der Waals surface area contributed by atoms with Crippen molar-refractivity contribution >= 4 is 11.9 Å². The molecule has 0 aliphatic rings. The van der Waals surface area contributed by atoms with Crippen molar-refractivity contribution in [2.24, 2.45) is 4.99 Å². The molecule has 0 saturated heterocycles. The highest BCUT2D eigenvalue weighted by molar-refractivity contribution is 5.86. The van der Waals surface area contributed by atoms with Crippen LogP contribution < -0.4 is 0 Å². The third kappa shape index (κ3) is 2.45. The fourth-order valence-corrected chi connectivity index (χ4v) is 1.50. The molecule has 86 valence electrons. The van der Waals surface area contributed by atoms with Gasteiger partial charge in [0.05, 0.1) is 0 Å². The van der Waals surface area contributed by atoms with Gasteiger partial charge in [0.25, 0.3) is 0 Å². The molecule has 0 aromatic heterocycles. The monoisotopic (exact) mass is 227 g/mol. The Kier molecular flexibility index (Phi) is 3.10. The summed E-state index contributed by atoms with van der Waals surface area (Å²) < 4.78 is 0. The van der Waals surface area contributed by atoms with Gasteiger partial charge in [-0.1, -0.05) is 24.3 Å². The molecule has 0 aliphatic heterocycles. The van der Waals surface area contributed by atoms with Crippen LogP contribution in [0.2, 0.25) is 0 Å². The van der Waals surface area contributed by atoms with Gasteiger partial charge in [-0.05, 0) is 30.7 Å². The number of nitrogens with zero attached hydrogens (tertiary/aromatic N) is 1. The summed E-state index contributed by atoms with van der Waals surface area (Å²) in [7, 11) is 0. The van der Waals surface area contributed by atoms with Gasteiger partial charge in [0.2, 0.25) is 0 Å². The Balaban J connectivity index is 2.33. The van der Waals surface area contributed by atoms with Crippen LogP contribution in [0.1, 0.15) is 11.1 Å². The van der Waals surface area contributed by atoms with E-state index in [0.29, 0.717) is 11.3 Å². The lowest BCUT2D eigenvalue weighted by Crippen LogP contribution is -1.84. The lowest BCUT2D eigenvalue weighted by molar-refractivity contribution is 0.470. The Morgan fingerprint density at radius 2 is 1.76 bits per heavy atom. The Hall–Kier alpha value is -2.29. The van der Waals surface area contributed by atoms with Crippen LogP contribution in [-0.2, 0) is 0 Å². The van der Waals surface area contributed by atoms with Gasteiger partial charge >= 0.3 is 0 Å². The molecule has 2 aromatic carbocycles. The second-order valence-corrected chi connectivity index (χ2v) is 3.76. The van der Waals surface area contributed by atoms with Crippen molar-refractivity contribution < 1.29 is 10.2 Å². The van der Waals surface area contributed by atoms with E-state index in [-0.39, 0.29) is 11.5 Å². The summed E-state index contributed by atoms with van der Waals surface area (Å²) >= 11 is 0. The molecule has 2 N–H and O–H groups in total. The fraction of sp³-hybridized carbons (Fsp3) is 0.0714. The number of para-hydroxylation sites is 3. The van der Waals surface area contributed by atoms with Crippen molar-refractivity contribution in [2.75, 3.05) is 0 Å². The standard InChI is InChI=1S/C14H13NO2/c1-10-5-4-6-11(14(10)17)9-15-12-7-2-3-8-13(12)16/h2-9,16-17H,1H3/b15-9+. The number of phenols is 2. The zero-order chi connectivity index (χ0) is 12.3. The Bertz CT molecular complexity index is 562. The van der Waals surface area contributed by atoms with Crippen LogP contribution in [0, 0.1) is 6.92 Å². The van der Waals surface area contributed by atoms with E-state index in [0.717, 1.165) is 5.56 Å². The molecule has 0 atom stereocenters. The highest BCUT2D eigenvalue weighted by atomic mass is 16.3. The SMILES string of the molecule is Cc1cccc(/C=N/c2ccccc2O)c1O. The Labute approximate surface area is 99.7 Å². The quantitative estimate of drug-likeness (QED) is 0.774. The number of phenolic OH excluding ortho intramolecular Hbond substituents is 2. The molecule has 0 aliphatic carbocycles. The average Bonchev–Trinajstić information content (AvgIpc) is 2.33. The van der Waals surface area contributed by atoms with Crippen LogP contribution in [0.4, 0.5) is 5.69 Å². The van der Waals surface area contributed by atoms with Gasteiger partial charge in [-0.2, -0.15) is 0 Å². The van der Waals surface area contributed by atoms with Gasteiger partial charge in [-0.25, -0.2) is 0 Å². The van der Waals surface area contributed by atoms with E-state index in [9.17, 15) is 10.2 Å². The van der Waals surface area contributed by atoms with Gasteiger partial charge in [0.15, 0.2) is 0 Å². The minimum atomic E-state index is 0.121. The van der Waals surface area contributed by atoms with Crippen molar-refractivity contribution in [1.29, 1.82) is 0 Å². The highest BCUT2D eigenvalue weighted by Crippen LogP contribution is 2.26. The summed E-state index contributed by atoms with van der Waals surface area (Å²) in [6, 6.07) is 12.3. The third-order valence-electron chi connectivity index (χ3n) is 2.49. The topological polar surface area (TPSA) is 52.8 Å². The summed E-state index contributed by atoms with van der Waals surface area (Å²) in [5.41, 5.74) is 1.91. The van der Waals surface area contributed by atoms with Gasteiger partial charge in [0, 0.05) is 11.8 Å². The van der Waals surface area contributed by atoms with Crippen LogP contribution in [0.5, 0.6) is 11.5 Å². The first-order valence-corrected chi connectivity index (χ1v) is 5.29. The van der Waals surface area contributed by atoms with E-state index in [1.165, 1.54) is 6.21 Å². The molecule has 0 unspecified atom stereocenters. The number of aryl methyl sites for hydroxylation is 1. The zero-order valence-electron chi connectivity index (χ0n) is 9.46. The van der Waals surface area contributed by atoms with Crippen LogP contribution in [-0.4, -0.2) is 16.4 Å². The van der Waals surface area contributed by atoms with Crippen LogP contribution in [0.15, 0.2) is 47.5 Å². The van der Waals surface area contributed by atoms with E-state index < -0.39 is 0 Å². The maximum atomic E-state index is 9.79. The molecule has 0 heterocycles. The number of rotatable bonds is 2. The maximum Gasteiger partial charge on any atom is 0.141 e. The number of hydrogen-bond acceptors (Lipinski definition) is 3. The molecule has 3 nitrogen and oxygen atoms in total. The third-order valence-corrected chi connectivity index (χ3v) is 2.49. The van der Waals surface area contributed by atoms with Crippen LogP contribution >= 0.6 is 0 Å². The number of aliphatic imine (C=N–C) groups is 1. The molecular weight excluding hydrogens is 214 g/mol. The molecular formula is C14H13NO2. The molecule has 0 amide bonds. The van der Waals surface area contributed by atoms with Crippen LogP contribution in [0.25, 0.3) is 0 Å². The summed E-state index contributed by atoms with van der Waals surface area (Å²) in [6.45, 7) is 1.83. The molecule has 0 bridgehead atoms. The van der Waals surface area contributed by atoms with Gasteiger partial charge in [-0.3, -0.25) is 4.99 Å². The lowest BCUT2D eigenvalue weighted by Gasteiger charge is -2.02. The smallest absolute Gasteiger partial charge is 0.141 e.